The smallest absolute Gasteiger partial charge is 0.383 e. The van der Waals surface area contributed by atoms with E-state index in [9.17, 15) is 22.4 Å². The SMILES string of the molecule is O=C(NC1=CC(F)=CNC1)C1CNC2C=CC(N3CCCC(C(F)(F)F)C3)NN21. The number of piperidine rings is 1. The maximum absolute atomic E-state index is 13.3. The van der Waals surface area contributed by atoms with Crippen molar-refractivity contribution in [2.45, 2.75) is 37.4 Å². The molecular formula is C18H24F4N6O. The minimum absolute atomic E-state index is 0.0710. The Kier molecular flexibility index (Phi) is 5.65. The Morgan fingerprint density at radius 2 is 2.03 bits per heavy atom. The van der Waals surface area contributed by atoms with Crippen LogP contribution in [0.3, 0.4) is 0 Å². The Morgan fingerprint density at radius 3 is 2.79 bits per heavy atom. The number of hydrazine groups is 1. The Bertz CT molecular complexity index is 736. The molecule has 4 aliphatic heterocycles. The van der Waals surface area contributed by atoms with Crippen LogP contribution in [-0.2, 0) is 4.79 Å². The zero-order valence-corrected chi connectivity index (χ0v) is 15.7. The molecule has 0 radical (unpaired) electrons. The standard InChI is InChI=1S/C18H24F4N6O/c19-12-6-13(8-23-7-12)25-17(29)14-9-24-15-3-4-16(26-28(14)15)27-5-1-2-11(10-27)18(20,21)22/h3-4,6-7,11,14-16,23-24,26H,1-2,5,8-10H2,(H,25,29). The van der Waals surface area contributed by atoms with Gasteiger partial charge in [0.15, 0.2) is 0 Å². The minimum atomic E-state index is -4.21. The average Bonchev–Trinajstić information content (AvgIpc) is 3.11. The van der Waals surface area contributed by atoms with Crippen LogP contribution < -0.4 is 21.4 Å². The molecular weight excluding hydrogens is 392 g/mol. The summed E-state index contributed by atoms with van der Waals surface area (Å²) >= 11 is 0. The molecule has 2 fully saturated rings. The zero-order valence-electron chi connectivity index (χ0n) is 15.7. The van der Waals surface area contributed by atoms with E-state index in [0.717, 1.165) is 0 Å². The molecule has 4 unspecified atom stereocenters. The first-order chi connectivity index (χ1) is 13.8. The highest BCUT2D eigenvalue weighted by molar-refractivity contribution is 5.84. The van der Waals surface area contributed by atoms with Crippen LogP contribution in [-0.4, -0.2) is 66.5 Å². The van der Waals surface area contributed by atoms with Gasteiger partial charge in [0.1, 0.15) is 11.9 Å². The van der Waals surface area contributed by atoms with Gasteiger partial charge in [-0.2, -0.15) is 13.2 Å². The van der Waals surface area contributed by atoms with Gasteiger partial charge in [0, 0.05) is 25.0 Å². The second-order valence-electron chi connectivity index (χ2n) is 7.68. The largest absolute Gasteiger partial charge is 0.393 e. The summed E-state index contributed by atoms with van der Waals surface area (Å²) < 4.78 is 52.7. The van der Waals surface area contributed by atoms with Gasteiger partial charge in [0.2, 0.25) is 5.91 Å². The van der Waals surface area contributed by atoms with Crippen LogP contribution in [0.5, 0.6) is 0 Å². The number of amides is 1. The van der Waals surface area contributed by atoms with Crippen molar-refractivity contribution in [3.8, 4) is 0 Å². The summed E-state index contributed by atoms with van der Waals surface area (Å²) in [5, 5.41) is 10.4. The third-order valence-electron chi connectivity index (χ3n) is 5.65. The van der Waals surface area contributed by atoms with Gasteiger partial charge in [-0.3, -0.25) is 15.0 Å². The number of halogens is 4. The predicted octanol–water partition coefficient (Wildman–Crippen LogP) is 0.675. The third-order valence-corrected chi connectivity index (χ3v) is 5.65. The first kappa shape index (κ1) is 20.3. The minimum Gasteiger partial charge on any atom is -0.383 e. The monoisotopic (exact) mass is 416 g/mol. The molecule has 0 spiro atoms. The van der Waals surface area contributed by atoms with E-state index in [0.29, 0.717) is 31.8 Å². The Hall–Kier alpha value is -1.95. The summed E-state index contributed by atoms with van der Waals surface area (Å²) in [5.74, 6) is -2.12. The number of nitrogens with zero attached hydrogens (tertiary/aromatic N) is 2. The molecule has 11 heteroatoms. The maximum atomic E-state index is 13.3. The number of rotatable bonds is 3. The van der Waals surface area contributed by atoms with Gasteiger partial charge in [-0.1, -0.05) is 12.2 Å². The van der Waals surface area contributed by atoms with Gasteiger partial charge in [-0.05, 0) is 25.5 Å². The van der Waals surface area contributed by atoms with E-state index in [1.54, 1.807) is 9.91 Å². The van der Waals surface area contributed by atoms with Gasteiger partial charge < -0.3 is 10.6 Å². The van der Waals surface area contributed by atoms with Gasteiger partial charge >= 0.3 is 6.18 Å². The van der Waals surface area contributed by atoms with Gasteiger partial charge in [0.25, 0.3) is 0 Å². The van der Waals surface area contributed by atoms with E-state index in [-0.39, 0.29) is 25.0 Å². The zero-order chi connectivity index (χ0) is 20.6. The van der Waals surface area contributed by atoms with E-state index in [2.05, 4.69) is 21.4 Å². The quantitative estimate of drug-likeness (QED) is 0.401. The van der Waals surface area contributed by atoms with Crippen LogP contribution in [0.4, 0.5) is 17.6 Å². The fourth-order valence-corrected chi connectivity index (χ4v) is 4.15. The first-order valence-corrected chi connectivity index (χ1v) is 9.69. The van der Waals surface area contributed by atoms with Gasteiger partial charge in [-0.25, -0.2) is 14.8 Å². The van der Waals surface area contributed by atoms with E-state index >= 15 is 0 Å². The lowest BCUT2D eigenvalue weighted by atomic mass is 9.97. The molecule has 4 rings (SSSR count). The molecule has 0 aromatic heterocycles. The second kappa shape index (κ2) is 8.05. The van der Waals surface area contributed by atoms with Crippen molar-refractivity contribution < 1.29 is 22.4 Å². The predicted molar refractivity (Wildman–Crippen MR) is 97.3 cm³/mol. The fraction of sp³-hybridized carbons (Fsp3) is 0.611. The number of carbonyl (C=O) groups is 1. The van der Waals surface area contributed by atoms with Crippen molar-refractivity contribution in [1.82, 2.24) is 31.3 Å². The Morgan fingerprint density at radius 1 is 1.24 bits per heavy atom. The van der Waals surface area contributed by atoms with E-state index in [1.807, 2.05) is 12.2 Å². The number of allylic oxidation sites excluding steroid dienone is 2. The molecule has 1 amide bonds. The molecule has 160 valence electrons. The highest BCUT2D eigenvalue weighted by atomic mass is 19.4. The molecule has 4 aliphatic rings. The molecule has 4 heterocycles. The number of alkyl halides is 3. The fourth-order valence-electron chi connectivity index (χ4n) is 4.15. The maximum Gasteiger partial charge on any atom is 0.393 e. The molecule has 2 saturated heterocycles. The Balaban J connectivity index is 1.40. The molecule has 0 saturated carbocycles. The van der Waals surface area contributed by atoms with Crippen LogP contribution >= 0.6 is 0 Å². The highest BCUT2D eigenvalue weighted by Gasteiger charge is 2.45. The third kappa shape index (κ3) is 4.47. The number of fused-ring (bicyclic) bond motifs is 1. The lowest BCUT2D eigenvalue weighted by Gasteiger charge is -2.43. The first-order valence-electron chi connectivity index (χ1n) is 9.69. The lowest BCUT2D eigenvalue weighted by molar-refractivity contribution is -0.189. The van der Waals surface area contributed by atoms with Crippen molar-refractivity contribution in [3.63, 3.8) is 0 Å². The van der Waals surface area contributed by atoms with Crippen molar-refractivity contribution >= 4 is 5.91 Å². The molecule has 29 heavy (non-hydrogen) atoms. The molecule has 7 nitrogen and oxygen atoms in total. The molecule has 0 aromatic carbocycles. The van der Waals surface area contributed by atoms with E-state index < -0.39 is 30.1 Å². The molecule has 0 aliphatic carbocycles. The van der Waals surface area contributed by atoms with Crippen molar-refractivity contribution in [1.29, 1.82) is 0 Å². The average molecular weight is 416 g/mol. The van der Waals surface area contributed by atoms with Gasteiger partial charge in [-0.15, -0.1) is 0 Å². The van der Waals surface area contributed by atoms with Crippen LogP contribution in [0.15, 0.2) is 36.0 Å². The summed E-state index contributed by atoms with van der Waals surface area (Å²) in [6.07, 6.45) is 1.93. The molecule has 4 atom stereocenters. The lowest BCUT2D eigenvalue weighted by Crippen LogP contribution is -2.63. The van der Waals surface area contributed by atoms with Crippen molar-refractivity contribution in [2.24, 2.45) is 5.92 Å². The van der Waals surface area contributed by atoms with E-state index in [4.69, 9.17) is 0 Å². The number of likely N-dealkylation sites (tertiary alicyclic amines) is 1. The van der Waals surface area contributed by atoms with Crippen LogP contribution in [0.1, 0.15) is 12.8 Å². The summed E-state index contributed by atoms with van der Waals surface area (Å²) in [7, 11) is 0. The normalized spacial score (nSPS) is 33.5. The molecule has 4 N–H and O–H groups in total. The number of nitrogens with one attached hydrogen (secondary N) is 4. The van der Waals surface area contributed by atoms with Crippen LogP contribution in [0.2, 0.25) is 0 Å². The molecule has 0 aromatic rings. The summed E-state index contributed by atoms with van der Waals surface area (Å²) in [6, 6.07) is -0.578. The number of dihydropyridines is 1. The van der Waals surface area contributed by atoms with Crippen molar-refractivity contribution in [2.75, 3.05) is 26.2 Å². The Labute approximate surface area is 165 Å². The summed E-state index contributed by atoms with van der Waals surface area (Å²) in [5.41, 5.74) is 3.62. The number of hydrogen-bond acceptors (Lipinski definition) is 6. The van der Waals surface area contributed by atoms with Gasteiger partial charge in [0.05, 0.1) is 24.8 Å². The van der Waals surface area contributed by atoms with E-state index in [1.165, 1.54) is 12.3 Å². The van der Waals surface area contributed by atoms with Crippen LogP contribution in [0, 0.1) is 5.92 Å². The number of hydrogen-bond donors (Lipinski definition) is 4. The highest BCUT2D eigenvalue weighted by Crippen LogP contribution is 2.34. The number of carbonyl (C=O) groups excluding carboxylic acids is 1. The summed E-state index contributed by atoms with van der Waals surface area (Å²) in [4.78, 5) is 14.5. The second-order valence-corrected chi connectivity index (χ2v) is 7.68. The summed E-state index contributed by atoms with van der Waals surface area (Å²) in [6.45, 7) is 1.16. The van der Waals surface area contributed by atoms with Crippen LogP contribution in [0.25, 0.3) is 0 Å². The molecule has 0 bridgehead atoms. The topological polar surface area (TPSA) is 71.7 Å². The van der Waals surface area contributed by atoms with Crippen molar-refractivity contribution in [3.05, 3.63) is 36.0 Å².